The first kappa shape index (κ1) is 19.5. The van der Waals surface area contributed by atoms with Crippen LogP contribution in [0.25, 0.3) is 22.2 Å². The van der Waals surface area contributed by atoms with Gasteiger partial charge in [0.1, 0.15) is 0 Å². The van der Waals surface area contributed by atoms with Crippen LogP contribution >= 0.6 is 11.6 Å². The van der Waals surface area contributed by atoms with E-state index in [1.54, 1.807) is 12.1 Å². The van der Waals surface area contributed by atoms with E-state index in [1.165, 1.54) is 0 Å². The van der Waals surface area contributed by atoms with Gasteiger partial charge in [0.25, 0.3) is 5.91 Å². The number of aromatic nitrogens is 2. The molecule has 30 heavy (non-hydrogen) atoms. The van der Waals surface area contributed by atoms with Crippen molar-refractivity contribution in [1.82, 2.24) is 15.5 Å². The van der Waals surface area contributed by atoms with E-state index >= 15 is 0 Å². The fraction of sp³-hybridized carbons (Fsp3) is 0.0455. The second-order valence-electron chi connectivity index (χ2n) is 6.66. The first-order chi connectivity index (χ1) is 14.5. The molecule has 0 fully saturated rings. The fourth-order valence-electron chi connectivity index (χ4n) is 3.08. The standard InChI is InChI=1S/C22H18ClN5O2/c23-17-3-1-2-4-18(17)26-15-9-10-16-19(11-15)27-28-21(16)13-5-7-14(8-6-13)22(30)25-12-20(24)29/h1-11,26H,12H2,(H2,24,29)(H,25,30)(H,27,28). The van der Waals surface area contributed by atoms with Gasteiger partial charge < -0.3 is 16.4 Å². The number of nitrogens with two attached hydrogens (primary N) is 1. The number of carbonyl (C=O) groups is 2. The Balaban J connectivity index is 1.56. The summed E-state index contributed by atoms with van der Waals surface area (Å²) in [5, 5.41) is 14.8. The number of para-hydroxylation sites is 1. The van der Waals surface area contributed by atoms with Gasteiger partial charge in [-0.3, -0.25) is 14.7 Å². The lowest BCUT2D eigenvalue weighted by atomic mass is 10.1. The molecule has 7 nitrogen and oxygen atoms in total. The lowest BCUT2D eigenvalue weighted by Crippen LogP contribution is -2.33. The van der Waals surface area contributed by atoms with Crippen LogP contribution in [0.2, 0.25) is 5.02 Å². The molecule has 0 bridgehead atoms. The van der Waals surface area contributed by atoms with Crippen molar-refractivity contribution in [3.05, 3.63) is 77.3 Å². The number of carbonyl (C=O) groups excluding carboxylic acids is 2. The Kier molecular flexibility index (Phi) is 5.36. The third kappa shape index (κ3) is 4.11. The Labute approximate surface area is 177 Å². The first-order valence-corrected chi connectivity index (χ1v) is 9.55. The molecule has 8 heteroatoms. The summed E-state index contributed by atoms with van der Waals surface area (Å²) in [6, 6.07) is 20.4. The van der Waals surface area contributed by atoms with E-state index < -0.39 is 5.91 Å². The van der Waals surface area contributed by atoms with Crippen LogP contribution in [-0.2, 0) is 4.79 Å². The Morgan fingerprint density at radius 2 is 1.80 bits per heavy atom. The number of nitrogens with zero attached hydrogens (tertiary/aromatic N) is 1. The first-order valence-electron chi connectivity index (χ1n) is 9.18. The zero-order chi connectivity index (χ0) is 21.1. The van der Waals surface area contributed by atoms with Gasteiger partial charge in [0.05, 0.1) is 28.5 Å². The molecule has 1 aromatic heterocycles. The van der Waals surface area contributed by atoms with Crippen LogP contribution in [-0.4, -0.2) is 28.6 Å². The Morgan fingerprint density at radius 3 is 2.53 bits per heavy atom. The van der Waals surface area contributed by atoms with Crippen molar-refractivity contribution < 1.29 is 9.59 Å². The molecule has 5 N–H and O–H groups in total. The zero-order valence-electron chi connectivity index (χ0n) is 15.8. The number of hydrogen-bond donors (Lipinski definition) is 4. The molecule has 1 heterocycles. The molecule has 3 aromatic carbocycles. The molecule has 150 valence electrons. The topological polar surface area (TPSA) is 113 Å². The molecular weight excluding hydrogens is 402 g/mol. The van der Waals surface area contributed by atoms with E-state index in [9.17, 15) is 9.59 Å². The number of halogens is 1. The van der Waals surface area contributed by atoms with E-state index in [4.69, 9.17) is 17.3 Å². The molecule has 0 spiro atoms. The highest BCUT2D eigenvalue weighted by molar-refractivity contribution is 6.33. The molecule has 4 rings (SSSR count). The number of nitrogens with one attached hydrogen (secondary N) is 3. The summed E-state index contributed by atoms with van der Waals surface area (Å²) in [4.78, 5) is 22.8. The molecule has 0 saturated carbocycles. The number of anilines is 2. The summed E-state index contributed by atoms with van der Waals surface area (Å²) in [5.41, 5.74) is 9.69. The van der Waals surface area contributed by atoms with Crippen LogP contribution in [0, 0.1) is 0 Å². The van der Waals surface area contributed by atoms with E-state index in [-0.39, 0.29) is 12.5 Å². The van der Waals surface area contributed by atoms with Crippen LogP contribution in [0.3, 0.4) is 0 Å². The maximum Gasteiger partial charge on any atom is 0.251 e. The van der Waals surface area contributed by atoms with Crippen LogP contribution in [0.1, 0.15) is 10.4 Å². The molecule has 0 aliphatic rings. The monoisotopic (exact) mass is 419 g/mol. The number of rotatable bonds is 6. The van der Waals surface area contributed by atoms with Gasteiger partial charge in [-0.15, -0.1) is 0 Å². The minimum absolute atomic E-state index is 0.199. The van der Waals surface area contributed by atoms with Crippen LogP contribution in [0.15, 0.2) is 66.7 Å². The maximum atomic E-state index is 12.0. The molecule has 0 atom stereocenters. The Hall–Kier alpha value is -3.84. The fourth-order valence-corrected chi connectivity index (χ4v) is 3.27. The van der Waals surface area contributed by atoms with E-state index in [0.29, 0.717) is 10.6 Å². The summed E-state index contributed by atoms with van der Waals surface area (Å²) < 4.78 is 0. The number of H-pyrrole nitrogens is 1. The highest BCUT2D eigenvalue weighted by atomic mass is 35.5. The van der Waals surface area contributed by atoms with Crippen LogP contribution < -0.4 is 16.4 Å². The second kappa shape index (κ2) is 8.26. The van der Waals surface area contributed by atoms with Gasteiger partial charge in [0.15, 0.2) is 0 Å². The smallest absolute Gasteiger partial charge is 0.251 e. The second-order valence-corrected chi connectivity index (χ2v) is 7.07. The van der Waals surface area contributed by atoms with E-state index in [0.717, 1.165) is 33.5 Å². The number of primary amides is 1. The minimum Gasteiger partial charge on any atom is -0.368 e. The maximum absolute atomic E-state index is 12.0. The minimum atomic E-state index is -0.591. The molecule has 0 aliphatic heterocycles. The summed E-state index contributed by atoms with van der Waals surface area (Å²) in [5.74, 6) is -0.950. The van der Waals surface area contributed by atoms with Crippen molar-refractivity contribution in [2.45, 2.75) is 0 Å². The van der Waals surface area contributed by atoms with Gasteiger partial charge in [-0.25, -0.2) is 0 Å². The molecule has 0 radical (unpaired) electrons. The van der Waals surface area contributed by atoms with Gasteiger partial charge in [-0.2, -0.15) is 5.10 Å². The largest absolute Gasteiger partial charge is 0.368 e. The number of aromatic amines is 1. The molecular formula is C22H18ClN5O2. The van der Waals surface area contributed by atoms with Crippen molar-refractivity contribution >= 4 is 45.7 Å². The van der Waals surface area contributed by atoms with Crippen LogP contribution in [0.5, 0.6) is 0 Å². The van der Waals surface area contributed by atoms with Crippen molar-refractivity contribution in [3.8, 4) is 11.3 Å². The van der Waals surface area contributed by atoms with Crippen molar-refractivity contribution in [3.63, 3.8) is 0 Å². The summed E-state index contributed by atoms with van der Waals surface area (Å²) in [6.45, 7) is -0.199. The zero-order valence-corrected chi connectivity index (χ0v) is 16.5. The third-order valence-corrected chi connectivity index (χ3v) is 4.89. The Bertz CT molecular complexity index is 1230. The molecule has 0 unspecified atom stereocenters. The number of benzene rings is 3. The predicted molar refractivity (Wildman–Crippen MR) is 118 cm³/mol. The summed E-state index contributed by atoms with van der Waals surface area (Å²) in [7, 11) is 0. The van der Waals surface area contributed by atoms with Crippen molar-refractivity contribution in [2.24, 2.45) is 5.73 Å². The summed E-state index contributed by atoms with van der Waals surface area (Å²) in [6.07, 6.45) is 0. The highest BCUT2D eigenvalue weighted by Gasteiger charge is 2.11. The van der Waals surface area contributed by atoms with Gasteiger partial charge in [-0.05, 0) is 42.5 Å². The van der Waals surface area contributed by atoms with Crippen molar-refractivity contribution in [1.29, 1.82) is 0 Å². The lowest BCUT2D eigenvalue weighted by Gasteiger charge is -2.08. The molecule has 4 aromatic rings. The van der Waals surface area contributed by atoms with Gasteiger partial charge in [-0.1, -0.05) is 35.9 Å². The SMILES string of the molecule is NC(=O)CNC(=O)c1ccc(-c2n[nH]c3cc(Nc4ccccc4Cl)ccc23)cc1. The van der Waals surface area contributed by atoms with E-state index in [2.05, 4.69) is 20.8 Å². The van der Waals surface area contributed by atoms with Crippen molar-refractivity contribution in [2.75, 3.05) is 11.9 Å². The normalized spacial score (nSPS) is 10.7. The quantitative estimate of drug-likeness (QED) is 0.380. The summed E-state index contributed by atoms with van der Waals surface area (Å²) >= 11 is 6.21. The van der Waals surface area contributed by atoms with Gasteiger partial charge in [0.2, 0.25) is 5.91 Å². The van der Waals surface area contributed by atoms with Crippen LogP contribution in [0.4, 0.5) is 11.4 Å². The average Bonchev–Trinajstić information content (AvgIpc) is 3.17. The molecule has 0 saturated heterocycles. The van der Waals surface area contributed by atoms with Gasteiger partial charge in [0, 0.05) is 22.2 Å². The molecule has 2 amide bonds. The Morgan fingerprint density at radius 1 is 1.03 bits per heavy atom. The van der Waals surface area contributed by atoms with Gasteiger partial charge >= 0.3 is 0 Å². The average molecular weight is 420 g/mol. The number of amides is 2. The lowest BCUT2D eigenvalue weighted by molar-refractivity contribution is -0.117. The molecule has 0 aliphatic carbocycles. The third-order valence-electron chi connectivity index (χ3n) is 4.56. The van der Waals surface area contributed by atoms with E-state index in [1.807, 2.05) is 54.6 Å². The highest BCUT2D eigenvalue weighted by Crippen LogP contribution is 2.30. The number of hydrogen-bond acceptors (Lipinski definition) is 4. The number of fused-ring (bicyclic) bond motifs is 1. The predicted octanol–water partition coefficient (Wildman–Crippen LogP) is 3.84.